The molecule has 0 spiro atoms. The van der Waals surface area contributed by atoms with Crippen molar-refractivity contribution in [1.82, 2.24) is 15.1 Å². The third-order valence-electron chi connectivity index (χ3n) is 7.16. The number of amides is 3. The molecule has 0 saturated carbocycles. The van der Waals surface area contributed by atoms with Gasteiger partial charge in [0, 0.05) is 50.9 Å². The number of likely N-dealkylation sites (tertiary alicyclic amines) is 1. The summed E-state index contributed by atoms with van der Waals surface area (Å²) in [5.41, 5.74) is 2.13. The van der Waals surface area contributed by atoms with E-state index in [-0.39, 0.29) is 23.8 Å². The smallest absolute Gasteiger partial charge is 0.407 e. The largest absolute Gasteiger partial charge is 0.465 e. The first-order chi connectivity index (χ1) is 15.5. The van der Waals surface area contributed by atoms with Gasteiger partial charge in [0.05, 0.1) is 5.92 Å². The number of piperidine rings is 2. The van der Waals surface area contributed by atoms with E-state index in [9.17, 15) is 19.5 Å². The van der Waals surface area contributed by atoms with E-state index < -0.39 is 6.09 Å². The van der Waals surface area contributed by atoms with Crippen LogP contribution in [0.1, 0.15) is 56.4 Å². The van der Waals surface area contributed by atoms with Crippen molar-refractivity contribution in [3.05, 3.63) is 29.8 Å². The average molecular weight is 443 g/mol. The Bertz CT molecular complexity index is 820. The minimum absolute atomic E-state index is 0.182. The van der Waals surface area contributed by atoms with Gasteiger partial charge in [0.15, 0.2) is 0 Å². The summed E-state index contributed by atoms with van der Waals surface area (Å²) in [5, 5.41) is 11.8. The molecule has 0 bridgehead atoms. The van der Waals surface area contributed by atoms with Gasteiger partial charge in [0.2, 0.25) is 11.8 Å². The number of benzene rings is 1. The van der Waals surface area contributed by atoms with Crippen molar-refractivity contribution < 1.29 is 19.5 Å². The highest BCUT2D eigenvalue weighted by atomic mass is 16.4. The Morgan fingerprint density at radius 3 is 2.44 bits per heavy atom. The maximum atomic E-state index is 12.1. The number of carbonyl (C=O) groups excluding carboxylic acids is 2. The van der Waals surface area contributed by atoms with E-state index in [4.69, 9.17) is 0 Å². The number of imide groups is 1. The molecular weight excluding hydrogens is 408 g/mol. The summed E-state index contributed by atoms with van der Waals surface area (Å²) in [4.78, 5) is 41.3. The van der Waals surface area contributed by atoms with Gasteiger partial charge in [-0.25, -0.2) is 4.79 Å². The summed E-state index contributed by atoms with van der Waals surface area (Å²) in [5.74, 6) is -0.610. The summed E-state index contributed by atoms with van der Waals surface area (Å²) in [6, 6.07) is 8.38. The van der Waals surface area contributed by atoms with Crippen molar-refractivity contribution in [2.45, 2.75) is 56.9 Å². The van der Waals surface area contributed by atoms with E-state index in [1.165, 1.54) is 5.69 Å². The predicted octanol–water partition coefficient (Wildman–Crippen LogP) is 2.64. The fourth-order valence-electron chi connectivity index (χ4n) is 5.26. The van der Waals surface area contributed by atoms with Crippen molar-refractivity contribution in [2.75, 3.05) is 44.2 Å². The lowest BCUT2D eigenvalue weighted by molar-refractivity contribution is -0.134. The van der Waals surface area contributed by atoms with Gasteiger partial charge in [-0.15, -0.1) is 0 Å². The average Bonchev–Trinajstić information content (AvgIpc) is 2.80. The van der Waals surface area contributed by atoms with Crippen LogP contribution in [0.4, 0.5) is 10.5 Å². The molecule has 32 heavy (non-hydrogen) atoms. The number of nitrogens with one attached hydrogen (secondary N) is 1. The third kappa shape index (κ3) is 5.41. The molecule has 1 aromatic carbocycles. The first kappa shape index (κ1) is 22.6. The van der Waals surface area contributed by atoms with Crippen LogP contribution in [0.25, 0.3) is 0 Å². The normalized spacial score (nSPS) is 25.0. The molecule has 3 saturated heterocycles. The van der Waals surface area contributed by atoms with Crippen molar-refractivity contribution in [3.63, 3.8) is 0 Å². The maximum Gasteiger partial charge on any atom is 0.407 e. The van der Waals surface area contributed by atoms with Crippen LogP contribution < -0.4 is 10.2 Å². The Balaban J connectivity index is 1.21. The van der Waals surface area contributed by atoms with Crippen molar-refractivity contribution in [2.24, 2.45) is 0 Å². The van der Waals surface area contributed by atoms with Crippen LogP contribution in [0.5, 0.6) is 0 Å². The lowest BCUT2D eigenvalue weighted by atomic mass is 9.90. The quantitative estimate of drug-likeness (QED) is 0.658. The second kappa shape index (κ2) is 10.3. The SMILES string of the molecule is O=C1CCC(c2ccc(N3CCN(CCCC4CCCCN4C(=O)O)CC3)cc2)C(=O)N1. The third-order valence-corrected chi connectivity index (χ3v) is 7.16. The number of nitrogens with zero attached hydrogens (tertiary/aromatic N) is 3. The summed E-state index contributed by atoms with van der Waals surface area (Å²) >= 11 is 0. The number of hydrogen-bond acceptors (Lipinski definition) is 5. The zero-order valence-corrected chi connectivity index (χ0v) is 18.7. The summed E-state index contributed by atoms with van der Waals surface area (Å²) in [7, 11) is 0. The van der Waals surface area contributed by atoms with Gasteiger partial charge in [-0.1, -0.05) is 12.1 Å². The van der Waals surface area contributed by atoms with E-state index >= 15 is 0 Å². The highest BCUT2D eigenvalue weighted by Gasteiger charge is 2.28. The lowest BCUT2D eigenvalue weighted by Gasteiger charge is -2.37. The fourth-order valence-corrected chi connectivity index (χ4v) is 5.26. The molecule has 3 aliphatic heterocycles. The van der Waals surface area contributed by atoms with E-state index in [1.807, 2.05) is 12.1 Å². The molecule has 3 fully saturated rings. The molecule has 8 nitrogen and oxygen atoms in total. The van der Waals surface area contributed by atoms with Gasteiger partial charge >= 0.3 is 6.09 Å². The van der Waals surface area contributed by atoms with E-state index in [1.54, 1.807) is 4.90 Å². The van der Waals surface area contributed by atoms with Crippen LogP contribution in [0.2, 0.25) is 0 Å². The fraction of sp³-hybridized carbons (Fsp3) is 0.625. The first-order valence-corrected chi connectivity index (χ1v) is 11.9. The van der Waals surface area contributed by atoms with Gasteiger partial charge < -0.3 is 14.9 Å². The molecule has 8 heteroatoms. The Labute approximate surface area is 189 Å². The summed E-state index contributed by atoms with van der Waals surface area (Å²) in [6.07, 6.45) is 5.31. The van der Waals surface area contributed by atoms with Crippen LogP contribution in [0.3, 0.4) is 0 Å². The van der Waals surface area contributed by atoms with Crippen LogP contribution in [-0.4, -0.2) is 78.1 Å². The highest BCUT2D eigenvalue weighted by Crippen LogP contribution is 2.27. The number of carbonyl (C=O) groups is 3. The molecule has 3 amide bonds. The van der Waals surface area contributed by atoms with E-state index in [0.717, 1.165) is 70.4 Å². The van der Waals surface area contributed by atoms with Crippen LogP contribution in [-0.2, 0) is 9.59 Å². The van der Waals surface area contributed by atoms with Crippen molar-refractivity contribution >= 4 is 23.6 Å². The number of rotatable bonds is 6. The molecule has 174 valence electrons. The number of piperazine rings is 1. The first-order valence-electron chi connectivity index (χ1n) is 11.9. The number of hydrogen-bond donors (Lipinski definition) is 2. The Kier molecular flexibility index (Phi) is 7.29. The minimum Gasteiger partial charge on any atom is -0.465 e. The van der Waals surface area contributed by atoms with Gasteiger partial charge in [0.1, 0.15) is 0 Å². The van der Waals surface area contributed by atoms with Gasteiger partial charge in [0.25, 0.3) is 0 Å². The Morgan fingerprint density at radius 1 is 1.00 bits per heavy atom. The summed E-state index contributed by atoms with van der Waals surface area (Å²) in [6.45, 7) is 5.63. The van der Waals surface area contributed by atoms with Crippen LogP contribution >= 0.6 is 0 Å². The maximum absolute atomic E-state index is 12.1. The van der Waals surface area contributed by atoms with Crippen LogP contribution in [0, 0.1) is 0 Å². The number of anilines is 1. The Hall–Kier alpha value is -2.61. The van der Waals surface area contributed by atoms with E-state index in [2.05, 4.69) is 27.2 Å². The Morgan fingerprint density at radius 2 is 1.75 bits per heavy atom. The van der Waals surface area contributed by atoms with E-state index in [0.29, 0.717) is 19.4 Å². The molecule has 2 unspecified atom stereocenters. The molecule has 0 aliphatic carbocycles. The zero-order valence-electron chi connectivity index (χ0n) is 18.7. The highest BCUT2D eigenvalue weighted by molar-refractivity contribution is 6.00. The molecular formula is C24H34N4O4. The van der Waals surface area contributed by atoms with Gasteiger partial charge in [-0.05, 0) is 62.8 Å². The second-order valence-corrected chi connectivity index (χ2v) is 9.19. The summed E-state index contributed by atoms with van der Waals surface area (Å²) < 4.78 is 0. The van der Waals surface area contributed by atoms with Crippen LogP contribution in [0.15, 0.2) is 24.3 Å². The van der Waals surface area contributed by atoms with Crippen molar-refractivity contribution in [3.8, 4) is 0 Å². The molecule has 3 heterocycles. The minimum atomic E-state index is -0.771. The lowest BCUT2D eigenvalue weighted by Crippen LogP contribution is -2.47. The topological polar surface area (TPSA) is 93.2 Å². The van der Waals surface area contributed by atoms with Gasteiger partial charge in [-0.3, -0.25) is 19.8 Å². The van der Waals surface area contributed by atoms with Gasteiger partial charge in [-0.2, -0.15) is 0 Å². The molecule has 1 aromatic rings. The monoisotopic (exact) mass is 442 g/mol. The second-order valence-electron chi connectivity index (χ2n) is 9.19. The molecule has 0 radical (unpaired) electrons. The number of carboxylic acid groups (broad SMARTS) is 1. The zero-order chi connectivity index (χ0) is 22.5. The predicted molar refractivity (Wildman–Crippen MR) is 122 cm³/mol. The molecule has 3 aliphatic rings. The molecule has 2 atom stereocenters. The standard InChI is InChI=1S/C24H34N4O4/c29-22-11-10-21(23(30)25-22)18-6-8-19(9-7-18)27-16-14-26(15-17-27)12-3-5-20-4-1-2-13-28(20)24(31)32/h6-9,20-21H,1-5,10-17H2,(H,31,32)(H,25,29,30). The van der Waals surface area contributed by atoms with Crippen molar-refractivity contribution in [1.29, 1.82) is 0 Å². The molecule has 0 aromatic heterocycles. The molecule has 2 N–H and O–H groups in total. The molecule has 4 rings (SSSR count).